The van der Waals surface area contributed by atoms with Crippen LogP contribution < -0.4 is 0 Å². The van der Waals surface area contributed by atoms with Crippen molar-refractivity contribution in [3.63, 3.8) is 0 Å². The molecule has 1 fully saturated rings. The van der Waals surface area contributed by atoms with Gasteiger partial charge in [0.25, 0.3) is 0 Å². The Morgan fingerprint density at radius 2 is 2.11 bits per heavy atom. The first-order valence-corrected chi connectivity index (χ1v) is 6.80. The van der Waals surface area contributed by atoms with Crippen molar-refractivity contribution in [2.24, 2.45) is 0 Å². The van der Waals surface area contributed by atoms with E-state index in [1.54, 1.807) is 18.2 Å². The van der Waals surface area contributed by atoms with Crippen molar-refractivity contribution in [2.45, 2.75) is 19.0 Å². The van der Waals surface area contributed by atoms with Gasteiger partial charge in [-0.15, -0.1) is 0 Å². The quantitative estimate of drug-likeness (QED) is 0.929. The van der Waals surface area contributed by atoms with Crippen LogP contribution in [0.5, 0.6) is 0 Å². The Morgan fingerprint density at radius 1 is 1.42 bits per heavy atom. The molecule has 0 aliphatic carbocycles. The highest BCUT2D eigenvalue weighted by molar-refractivity contribution is 6.35. The fraction of sp³-hybridized carbons (Fsp3) is 0.462. The summed E-state index contributed by atoms with van der Waals surface area (Å²) in [6.07, 6.45) is 0.0576. The second kappa shape index (κ2) is 6.57. The second-order valence-corrected chi connectivity index (χ2v) is 5.31. The number of halogens is 2. The molecule has 104 valence electrons. The summed E-state index contributed by atoms with van der Waals surface area (Å²) in [4.78, 5) is 12.9. The van der Waals surface area contributed by atoms with Crippen molar-refractivity contribution in [2.75, 3.05) is 19.8 Å². The van der Waals surface area contributed by atoms with E-state index in [0.29, 0.717) is 36.3 Å². The molecule has 0 aromatic heterocycles. The summed E-state index contributed by atoms with van der Waals surface area (Å²) >= 11 is 12.3. The Bertz CT molecular complexity index is 447. The van der Waals surface area contributed by atoms with Crippen LogP contribution in [0, 0.1) is 0 Å². The third-order valence-electron chi connectivity index (χ3n) is 3.18. The van der Waals surface area contributed by atoms with Gasteiger partial charge in [0.05, 0.1) is 19.6 Å². The Hall–Kier alpha value is -0.810. The minimum Gasteiger partial charge on any atom is -0.481 e. The first-order chi connectivity index (χ1) is 9.08. The standard InChI is InChI=1S/C13H15Cl2NO3/c14-11-2-1-3-12(15)10(11)7-16-4-5-19-8-9(16)6-13(17)18/h1-3,9H,4-8H2,(H,17,18). The Morgan fingerprint density at radius 3 is 2.74 bits per heavy atom. The molecule has 1 aromatic carbocycles. The number of ether oxygens (including phenoxy) is 1. The number of rotatable bonds is 4. The van der Waals surface area contributed by atoms with Crippen LogP contribution in [-0.4, -0.2) is 41.8 Å². The molecule has 1 aliphatic heterocycles. The lowest BCUT2D eigenvalue weighted by atomic mass is 10.1. The molecule has 0 bridgehead atoms. The number of carbonyl (C=O) groups is 1. The average molecular weight is 304 g/mol. The van der Waals surface area contributed by atoms with Gasteiger partial charge in [0.1, 0.15) is 0 Å². The molecule has 4 nitrogen and oxygen atoms in total. The van der Waals surface area contributed by atoms with Crippen molar-refractivity contribution in [3.05, 3.63) is 33.8 Å². The van der Waals surface area contributed by atoms with E-state index >= 15 is 0 Å². The van der Waals surface area contributed by atoms with E-state index < -0.39 is 5.97 Å². The van der Waals surface area contributed by atoms with E-state index in [2.05, 4.69) is 4.90 Å². The van der Waals surface area contributed by atoms with Crippen LogP contribution in [0.15, 0.2) is 18.2 Å². The highest BCUT2D eigenvalue weighted by Gasteiger charge is 2.26. The lowest BCUT2D eigenvalue weighted by Gasteiger charge is -2.35. The number of carboxylic acid groups (broad SMARTS) is 1. The molecule has 1 heterocycles. The minimum atomic E-state index is -0.828. The summed E-state index contributed by atoms with van der Waals surface area (Å²) in [6, 6.07) is 5.23. The molecule has 1 aromatic rings. The van der Waals surface area contributed by atoms with Gasteiger partial charge < -0.3 is 9.84 Å². The number of benzene rings is 1. The molecule has 1 aliphatic rings. The lowest BCUT2D eigenvalue weighted by molar-refractivity contribution is -0.140. The number of hydrogen-bond acceptors (Lipinski definition) is 3. The zero-order valence-corrected chi connectivity index (χ0v) is 11.8. The minimum absolute atomic E-state index is 0.0576. The van der Waals surface area contributed by atoms with Crippen molar-refractivity contribution >= 4 is 29.2 Å². The smallest absolute Gasteiger partial charge is 0.305 e. The van der Waals surface area contributed by atoms with Crippen molar-refractivity contribution in [1.29, 1.82) is 0 Å². The largest absolute Gasteiger partial charge is 0.481 e. The second-order valence-electron chi connectivity index (χ2n) is 4.50. The summed E-state index contributed by atoms with van der Waals surface area (Å²) in [5, 5.41) is 10.1. The van der Waals surface area contributed by atoms with Gasteiger partial charge in [-0.05, 0) is 12.1 Å². The number of morpholine rings is 1. The Kier molecular flexibility index (Phi) is 5.05. The molecule has 0 amide bonds. The van der Waals surface area contributed by atoms with Crippen molar-refractivity contribution < 1.29 is 14.6 Å². The normalized spacial score (nSPS) is 20.4. The van der Waals surface area contributed by atoms with E-state index in [1.807, 2.05) is 0 Å². The summed E-state index contributed by atoms with van der Waals surface area (Å²) in [6.45, 7) is 2.24. The number of hydrogen-bond donors (Lipinski definition) is 1. The van der Waals surface area contributed by atoms with Crippen LogP contribution >= 0.6 is 23.2 Å². The first-order valence-electron chi connectivity index (χ1n) is 6.04. The third-order valence-corrected chi connectivity index (χ3v) is 3.89. The topological polar surface area (TPSA) is 49.8 Å². The predicted octanol–water partition coefficient (Wildman–Crippen LogP) is 2.67. The van der Waals surface area contributed by atoms with Crippen LogP contribution in [0.25, 0.3) is 0 Å². The molecular formula is C13H15Cl2NO3. The highest BCUT2D eigenvalue weighted by Crippen LogP contribution is 2.27. The molecule has 1 N–H and O–H groups in total. The van der Waals surface area contributed by atoms with Gasteiger partial charge in [-0.3, -0.25) is 9.69 Å². The SMILES string of the molecule is O=C(O)CC1COCCN1Cc1c(Cl)cccc1Cl. The maximum Gasteiger partial charge on any atom is 0.305 e. The fourth-order valence-corrected chi connectivity index (χ4v) is 2.69. The third kappa shape index (κ3) is 3.83. The van der Waals surface area contributed by atoms with Gasteiger partial charge in [-0.2, -0.15) is 0 Å². The fourth-order valence-electron chi connectivity index (χ4n) is 2.17. The van der Waals surface area contributed by atoms with Crippen LogP contribution in [0.4, 0.5) is 0 Å². The first kappa shape index (κ1) is 14.6. The predicted molar refractivity (Wildman–Crippen MR) is 73.7 cm³/mol. The zero-order chi connectivity index (χ0) is 13.8. The van der Waals surface area contributed by atoms with E-state index in [-0.39, 0.29) is 12.5 Å². The Balaban J connectivity index is 2.13. The molecule has 1 unspecified atom stereocenters. The van der Waals surface area contributed by atoms with Gasteiger partial charge in [0.2, 0.25) is 0 Å². The van der Waals surface area contributed by atoms with Gasteiger partial charge in [0, 0.05) is 34.7 Å². The number of nitrogens with zero attached hydrogens (tertiary/aromatic N) is 1. The molecule has 6 heteroatoms. The Labute approximate surface area is 121 Å². The molecule has 1 saturated heterocycles. The monoisotopic (exact) mass is 303 g/mol. The van der Waals surface area contributed by atoms with E-state index in [4.69, 9.17) is 33.0 Å². The molecule has 2 rings (SSSR count). The van der Waals surface area contributed by atoms with Gasteiger partial charge in [-0.1, -0.05) is 29.3 Å². The summed E-state index contributed by atoms with van der Waals surface area (Å²) in [7, 11) is 0. The molecule has 0 saturated carbocycles. The number of aliphatic carboxylic acids is 1. The summed E-state index contributed by atoms with van der Waals surface area (Å²) in [5.74, 6) is -0.828. The maximum absolute atomic E-state index is 10.9. The molecular weight excluding hydrogens is 289 g/mol. The molecule has 0 radical (unpaired) electrons. The summed E-state index contributed by atoms with van der Waals surface area (Å²) in [5.41, 5.74) is 0.836. The molecule has 1 atom stereocenters. The van der Waals surface area contributed by atoms with Crippen LogP contribution in [0.3, 0.4) is 0 Å². The number of carboxylic acids is 1. The van der Waals surface area contributed by atoms with Crippen LogP contribution in [-0.2, 0) is 16.1 Å². The van der Waals surface area contributed by atoms with E-state index in [9.17, 15) is 4.79 Å². The lowest BCUT2D eigenvalue weighted by Crippen LogP contribution is -2.45. The van der Waals surface area contributed by atoms with Crippen molar-refractivity contribution in [3.8, 4) is 0 Å². The van der Waals surface area contributed by atoms with Gasteiger partial charge in [-0.25, -0.2) is 0 Å². The van der Waals surface area contributed by atoms with Crippen LogP contribution in [0.1, 0.15) is 12.0 Å². The van der Waals surface area contributed by atoms with E-state index in [0.717, 1.165) is 5.56 Å². The van der Waals surface area contributed by atoms with Crippen molar-refractivity contribution in [1.82, 2.24) is 4.90 Å². The van der Waals surface area contributed by atoms with E-state index in [1.165, 1.54) is 0 Å². The summed E-state index contributed by atoms with van der Waals surface area (Å²) < 4.78 is 5.34. The highest BCUT2D eigenvalue weighted by atomic mass is 35.5. The van der Waals surface area contributed by atoms with Gasteiger partial charge >= 0.3 is 5.97 Å². The molecule has 0 spiro atoms. The van der Waals surface area contributed by atoms with Crippen LogP contribution in [0.2, 0.25) is 10.0 Å². The average Bonchev–Trinajstić information content (AvgIpc) is 2.35. The zero-order valence-electron chi connectivity index (χ0n) is 10.3. The maximum atomic E-state index is 10.9. The van der Waals surface area contributed by atoms with Gasteiger partial charge in [0.15, 0.2) is 0 Å². The molecule has 19 heavy (non-hydrogen) atoms.